The van der Waals surface area contributed by atoms with Crippen molar-refractivity contribution in [2.45, 2.75) is 25.9 Å². The van der Waals surface area contributed by atoms with Crippen LogP contribution in [0.5, 0.6) is 0 Å². The van der Waals surface area contributed by atoms with E-state index in [2.05, 4.69) is 15.6 Å². The fourth-order valence-electron chi connectivity index (χ4n) is 1.27. The van der Waals surface area contributed by atoms with Gasteiger partial charge in [-0.1, -0.05) is 0 Å². The van der Waals surface area contributed by atoms with E-state index < -0.39 is 30.4 Å². The Kier molecular flexibility index (Phi) is 5.24. The summed E-state index contributed by atoms with van der Waals surface area (Å²) in [4.78, 5) is 37.0. The van der Waals surface area contributed by atoms with Crippen LogP contribution < -0.4 is 16.4 Å². The number of amides is 3. The minimum atomic E-state index is -1.34. The minimum Gasteiger partial charge on any atom is -0.480 e. The number of aryl methyl sites for hydroxylation is 1. The molecule has 0 aromatic carbocycles. The van der Waals surface area contributed by atoms with Crippen molar-refractivity contribution in [2.24, 2.45) is 5.73 Å². The number of carboxylic acids is 1. The van der Waals surface area contributed by atoms with E-state index in [0.717, 1.165) is 5.01 Å². The van der Waals surface area contributed by atoms with Gasteiger partial charge in [-0.2, -0.15) is 0 Å². The van der Waals surface area contributed by atoms with Crippen molar-refractivity contribution in [3.05, 3.63) is 16.1 Å². The predicted octanol–water partition coefficient (Wildman–Crippen LogP) is -0.421. The summed E-state index contributed by atoms with van der Waals surface area (Å²) in [5.41, 5.74) is 5.57. The highest BCUT2D eigenvalue weighted by Gasteiger charge is 2.21. The molecule has 0 unspecified atom stereocenters. The normalized spacial score (nSPS) is 11.6. The molecular weight excluding hydrogens is 272 g/mol. The van der Waals surface area contributed by atoms with E-state index in [4.69, 9.17) is 10.8 Å². The molecule has 0 bridgehead atoms. The molecule has 0 radical (unpaired) electrons. The Morgan fingerprint density at radius 1 is 1.53 bits per heavy atom. The number of rotatable bonds is 6. The van der Waals surface area contributed by atoms with Gasteiger partial charge in [0.25, 0.3) is 0 Å². The third-order valence-electron chi connectivity index (χ3n) is 2.11. The number of nitrogens with two attached hydrogens (primary N) is 1. The monoisotopic (exact) mass is 286 g/mol. The first kappa shape index (κ1) is 14.9. The zero-order chi connectivity index (χ0) is 14.4. The summed E-state index contributed by atoms with van der Waals surface area (Å²) >= 11 is 1.45. The standard InChI is InChI=1S/C10H14N4O4S/c1-5-13-6(4-19-5)3-12-10(18)14-7(9(16)17)2-8(11)15/h4,7H,2-3H2,1H3,(H2,11,15)(H,16,17)(H2,12,14,18)/t7-/m1/s1. The number of nitrogens with one attached hydrogen (secondary N) is 2. The van der Waals surface area contributed by atoms with Crippen molar-refractivity contribution < 1.29 is 19.5 Å². The number of hydrogen-bond donors (Lipinski definition) is 4. The van der Waals surface area contributed by atoms with E-state index in [1.54, 1.807) is 5.38 Å². The van der Waals surface area contributed by atoms with Crippen LogP contribution >= 0.6 is 11.3 Å². The quantitative estimate of drug-likeness (QED) is 0.563. The van der Waals surface area contributed by atoms with E-state index in [0.29, 0.717) is 5.69 Å². The van der Waals surface area contributed by atoms with Crippen molar-refractivity contribution in [1.82, 2.24) is 15.6 Å². The largest absolute Gasteiger partial charge is 0.480 e. The molecule has 9 heteroatoms. The Bertz CT molecular complexity index is 488. The lowest BCUT2D eigenvalue weighted by atomic mass is 10.2. The number of urea groups is 1. The molecular formula is C10H14N4O4S. The van der Waals surface area contributed by atoms with Crippen LogP contribution in [0, 0.1) is 6.92 Å². The lowest BCUT2D eigenvalue weighted by Gasteiger charge is -2.13. The van der Waals surface area contributed by atoms with Gasteiger partial charge in [-0.25, -0.2) is 14.6 Å². The zero-order valence-electron chi connectivity index (χ0n) is 10.2. The molecule has 5 N–H and O–H groups in total. The number of carboxylic acid groups (broad SMARTS) is 1. The number of aromatic nitrogens is 1. The van der Waals surface area contributed by atoms with E-state index in [1.807, 2.05) is 6.92 Å². The summed E-state index contributed by atoms with van der Waals surface area (Å²) in [5, 5.41) is 16.1. The van der Waals surface area contributed by atoms with Crippen LogP contribution in [-0.4, -0.2) is 34.0 Å². The van der Waals surface area contributed by atoms with Crippen LogP contribution in [0.15, 0.2) is 5.38 Å². The number of carbonyl (C=O) groups excluding carboxylic acids is 2. The number of thiazole rings is 1. The highest BCUT2D eigenvalue weighted by atomic mass is 32.1. The maximum atomic E-state index is 11.5. The molecule has 0 fully saturated rings. The molecule has 1 aromatic heterocycles. The second kappa shape index (κ2) is 6.69. The van der Waals surface area contributed by atoms with Crippen LogP contribution in [-0.2, 0) is 16.1 Å². The average molecular weight is 286 g/mol. The first-order valence-corrected chi connectivity index (χ1v) is 6.23. The first-order chi connectivity index (χ1) is 8.88. The highest BCUT2D eigenvalue weighted by Crippen LogP contribution is 2.07. The average Bonchev–Trinajstić information content (AvgIpc) is 2.71. The molecule has 1 rings (SSSR count). The fourth-order valence-corrected chi connectivity index (χ4v) is 1.88. The summed E-state index contributed by atoms with van der Waals surface area (Å²) in [6, 6.07) is -2.03. The molecule has 0 saturated heterocycles. The smallest absolute Gasteiger partial charge is 0.326 e. The van der Waals surface area contributed by atoms with Crippen molar-refractivity contribution in [1.29, 1.82) is 0 Å². The number of aliphatic carboxylic acids is 1. The Balaban J connectivity index is 2.44. The van der Waals surface area contributed by atoms with Crippen molar-refractivity contribution in [2.75, 3.05) is 0 Å². The number of hydrogen-bond acceptors (Lipinski definition) is 5. The van der Waals surface area contributed by atoms with Gasteiger partial charge in [-0.15, -0.1) is 11.3 Å². The van der Waals surface area contributed by atoms with Gasteiger partial charge in [0.15, 0.2) is 0 Å². The van der Waals surface area contributed by atoms with Gasteiger partial charge in [0.1, 0.15) is 6.04 Å². The molecule has 1 atom stereocenters. The van der Waals surface area contributed by atoms with Gasteiger partial charge in [0, 0.05) is 5.38 Å². The molecule has 1 heterocycles. The lowest BCUT2D eigenvalue weighted by Crippen LogP contribution is -2.47. The summed E-state index contributed by atoms with van der Waals surface area (Å²) in [7, 11) is 0. The molecule has 0 saturated carbocycles. The molecule has 8 nitrogen and oxygen atoms in total. The predicted molar refractivity (Wildman–Crippen MR) is 67.5 cm³/mol. The highest BCUT2D eigenvalue weighted by molar-refractivity contribution is 7.09. The third kappa shape index (κ3) is 5.34. The van der Waals surface area contributed by atoms with Gasteiger partial charge in [-0.3, -0.25) is 4.79 Å². The van der Waals surface area contributed by atoms with E-state index in [9.17, 15) is 14.4 Å². The van der Waals surface area contributed by atoms with Crippen molar-refractivity contribution >= 4 is 29.2 Å². The Morgan fingerprint density at radius 2 is 2.21 bits per heavy atom. The molecule has 1 aromatic rings. The summed E-state index contributed by atoms with van der Waals surface area (Å²) in [6.07, 6.45) is -0.460. The Morgan fingerprint density at radius 3 is 2.68 bits per heavy atom. The van der Waals surface area contributed by atoms with Gasteiger partial charge in [0.05, 0.1) is 23.7 Å². The molecule has 0 aliphatic heterocycles. The first-order valence-electron chi connectivity index (χ1n) is 5.35. The second-order valence-electron chi connectivity index (χ2n) is 3.75. The van der Waals surface area contributed by atoms with Crippen LogP contribution in [0.1, 0.15) is 17.1 Å². The maximum absolute atomic E-state index is 11.5. The van der Waals surface area contributed by atoms with Gasteiger partial charge in [0.2, 0.25) is 5.91 Å². The number of nitrogens with zero attached hydrogens (tertiary/aromatic N) is 1. The summed E-state index contributed by atoms with van der Waals surface area (Å²) < 4.78 is 0. The van der Waals surface area contributed by atoms with E-state index >= 15 is 0 Å². The van der Waals surface area contributed by atoms with Gasteiger partial charge in [-0.05, 0) is 6.92 Å². The molecule has 19 heavy (non-hydrogen) atoms. The Hall–Kier alpha value is -2.16. The van der Waals surface area contributed by atoms with Crippen LogP contribution in [0.3, 0.4) is 0 Å². The van der Waals surface area contributed by atoms with E-state index in [-0.39, 0.29) is 6.54 Å². The second-order valence-corrected chi connectivity index (χ2v) is 4.81. The van der Waals surface area contributed by atoms with Crippen molar-refractivity contribution in [3.63, 3.8) is 0 Å². The zero-order valence-corrected chi connectivity index (χ0v) is 11.0. The van der Waals surface area contributed by atoms with Crippen molar-refractivity contribution in [3.8, 4) is 0 Å². The molecule has 0 aliphatic carbocycles. The fraction of sp³-hybridized carbons (Fsp3) is 0.400. The minimum absolute atomic E-state index is 0.180. The molecule has 104 valence electrons. The third-order valence-corrected chi connectivity index (χ3v) is 2.93. The SMILES string of the molecule is Cc1nc(CNC(=O)N[C@H](CC(N)=O)C(=O)O)cs1. The summed E-state index contributed by atoms with van der Waals surface area (Å²) in [5.74, 6) is -2.12. The van der Waals surface area contributed by atoms with E-state index in [1.165, 1.54) is 11.3 Å². The van der Waals surface area contributed by atoms with Gasteiger partial charge < -0.3 is 21.5 Å². The molecule has 0 spiro atoms. The van der Waals surface area contributed by atoms with Crippen LogP contribution in [0.25, 0.3) is 0 Å². The number of carbonyl (C=O) groups is 3. The summed E-state index contributed by atoms with van der Waals surface area (Å²) in [6.45, 7) is 2.01. The molecule has 0 aliphatic rings. The van der Waals surface area contributed by atoms with Gasteiger partial charge >= 0.3 is 12.0 Å². The lowest BCUT2D eigenvalue weighted by molar-refractivity contribution is -0.140. The van der Waals surface area contributed by atoms with Crippen LogP contribution in [0.2, 0.25) is 0 Å². The Labute approximate surface area is 113 Å². The topological polar surface area (TPSA) is 134 Å². The molecule has 3 amide bonds. The van der Waals surface area contributed by atoms with Crippen LogP contribution in [0.4, 0.5) is 4.79 Å². The number of primary amides is 1. The maximum Gasteiger partial charge on any atom is 0.326 e.